The van der Waals surface area contributed by atoms with Gasteiger partial charge in [0.1, 0.15) is 0 Å². The van der Waals surface area contributed by atoms with Gasteiger partial charge in [-0.15, -0.1) is 0 Å². The van der Waals surface area contributed by atoms with Gasteiger partial charge in [-0.1, -0.05) is 84.4 Å². The molecule has 4 rings (SSSR count). The SMILES string of the molecule is Cc1ccc(-c2cc(-c3ccc(-c4ccccc4)cc3)nc(=O)[nH]2)cc1. The van der Waals surface area contributed by atoms with Gasteiger partial charge in [-0.05, 0) is 29.7 Å². The van der Waals surface area contributed by atoms with Gasteiger partial charge in [0.15, 0.2) is 0 Å². The fraction of sp³-hybridized carbons (Fsp3) is 0.0435. The van der Waals surface area contributed by atoms with Gasteiger partial charge in [0.2, 0.25) is 0 Å². The van der Waals surface area contributed by atoms with Gasteiger partial charge in [0.25, 0.3) is 0 Å². The largest absolute Gasteiger partial charge is 0.345 e. The van der Waals surface area contributed by atoms with Crippen molar-refractivity contribution in [3.63, 3.8) is 0 Å². The lowest BCUT2D eigenvalue weighted by Gasteiger charge is -2.07. The number of nitrogens with one attached hydrogen (secondary N) is 1. The summed E-state index contributed by atoms with van der Waals surface area (Å²) in [6.45, 7) is 2.04. The summed E-state index contributed by atoms with van der Waals surface area (Å²) in [5.74, 6) is 0. The van der Waals surface area contributed by atoms with E-state index >= 15 is 0 Å². The molecule has 1 aromatic heterocycles. The highest BCUT2D eigenvalue weighted by molar-refractivity contribution is 5.71. The monoisotopic (exact) mass is 338 g/mol. The summed E-state index contributed by atoms with van der Waals surface area (Å²) in [5.41, 5.74) is 6.47. The first kappa shape index (κ1) is 16.0. The lowest BCUT2D eigenvalue weighted by molar-refractivity contribution is 1.09. The quantitative estimate of drug-likeness (QED) is 0.566. The van der Waals surface area contributed by atoms with Crippen LogP contribution in [0, 0.1) is 6.92 Å². The summed E-state index contributed by atoms with van der Waals surface area (Å²) < 4.78 is 0. The van der Waals surface area contributed by atoms with Crippen LogP contribution in [0.25, 0.3) is 33.6 Å². The maximum absolute atomic E-state index is 12.0. The molecule has 0 saturated heterocycles. The minimum atomic E-state index is -0.342. The number of hydrogen-bond donors (Lipinski definition) is 1. The molecule has 3 aromatic carbocycles. The smallest absolute Gasteiger partial charge is 0.305 e. The molecule has 26 heavy (non-hydrogen) atoms. The first-order valence-electron chi connectivity index (χ1n) is 8.53. The third kappa shape index (κ3) is 3.33. The van der Waals surface area contributed by atoms with E-state index in [0.717, 1.165) is 22.4 Å². The van der Waals surface area contributed by atoms with Crippen molar-refractivity contribution in [2.24, 2.45) is 0 Å². The van der Waals surface area contributed by atoms with Crippen molar-refractivity contribution in [1.29, 1.82) is 0 Å². The molecule has 0 spiro atoms. The van der Waals surface area contributed by atoms with E-state index < -0.39 is 0 Å². The topological polar surface area (TPSA) is 45.8 Å². The summed E-state index contributed by atoms with van der Waals surface area (Å²) in [6, 6.07) is 28.3. The van der Waals surface area contributed by atoms with Crippen LogP contribution in [0.1, 0.15) is 5.56 Å². The molecule has 1 heterocycles. The van der Waals surface area contributed by atoms with Crippen LogP contribution in [0.3, 0.4) is 0 Å². The Bertz CT molecular complexity index is 1080. The van der Waals surface area contributed by atoms with Crippen LogP contribution in [0.2, 0.25) is 0 Å². The van der Waals surface area contributed by atoms with Crippen molar-refractivity contribution in [1.82, 2.24) is 9.97 Å². The number of nitrogens with zero attached hydrogens (tertiary/aromatic N) is 1. The number of aromatic nitrogens is 2. The zero-order chi connectivity index (χ0) is 17.9. The second kappa shape index (κ2) is 6.81. The minimum absolute atomic E-state index is 0.342. The van der Waals surface area contributed by atoms with E-state index in [4.69, 9.17) is 0 Å². The number of benzene rings is 3. The van der Waals surface area contributed by atoms with Crippen molar-refractivity contribution < 1.29 is 0 Å². The Morgan fingerprint density at radius 2 is 1.27 bits per heavy atom. The second-order valence-electron chi connectivity index (χ2n) is 6.29. The van der Waals surface area contributed by atoms with Gasteiger partial charge in [-0.2, -0.15) is 4.98 Å². The zero-order valence-electron chi connectivity index (χ0n) is 14.4. The van der Waals surface area contributed by atoms with E-state index in [1.807, 2.05) is 67.6 Å². The van der Waals surface area contributed by atoms with E-state index in [1.165, 1.54) is 11.1 Å². The molecule has 0 aliphatic rings. The predicted molar refractivity (Wildman–Crippen MR) is 106 cm³/mol. The summed E-state index contributed by atoms with van der Waals surface area (Å²) >= 11 is 0. The van der Waals surface area contributed by atoms with Gasteiger partial charge in [0, 0.05) is 5.56 Å². The van der Waals surface area contributed by atoms with E-state index in [-0.39, 0.29) is 5.69 Å². The molecule has 126 valence electrons. The van der Waals surface area contributed by atoms with Crippen LogP contribution >= 0.6 is 0 Å². The summed E-state index contributed by atoms with van der Waals surface area (Å²) in [4.78, 5) is 19.0. The molecule has 0 bridgehead atoms. The molecule has 0 amide bonds. The molecule has 0 fully saturated rings. The van der Waals surface area contributed by atoms with Crippen LogP contribution < -0.4 is 5.69 Å². The highest BCUT2D eigenvalue weighted by atomic mass is 16.1. The Morgan fingerprint density at radius 3 is 1.96 bits per heavy atom. The van der Waals surface area contributed by atoms with E-state index in [0.29, 0.717) is 5.69 Å². The van der Waals surface area contributed by atoms with Crippen LogP contribution in [0.4, 0.5) is 0 Å². The first-order valence-corrected chi connectivity index (χ1v) is 8.53. The normalized spacial score (nSPS) is 10.7. The number of hydrogen-bond acceptors (Lipinski definition) is 2. The fourth-order valence-corrected chi connectivity index (χ4v) is 2.96. The molecule has 4 aromatic rings. The molecule has 0 saturated carbocycles. The standard InChI is InChI=1S/C23H18N2O/c1-16-7-9-19(10-8-16)21-15-22(25-23(26)24-21)20-13-11-18(12-14-20)17-5-3-2-4-6-17/h2-15H,1H3,(H,24,25,26). The average molecular weight is 338 g/mol. The van der Waals surface area contributed by atoms with Crippen LogP contribution in [-0.2, 0) is 0 Å². The molecule has 1 N–H and O–H groups in total. The van der Waals surface area contributed by atoms with Gasteiger partial charge in [-0.3, -0.25) is 0 Å². The highest BCUT2D eigenvalue weighted by Gasteiger charge is 2.06. The molecular weight excluding hydrogens is 320 g/mol. The zero-order valence-corrected chi connectivity index (χ0v) is 14.4. The molecule has 0 aliphatic heterocycles. The minimum Gasteiger partial charge on any atom is -0.305 e. The third-order valence-corrected chi connectivity index (χ3v) is 4.40. The summed E-state index contributed by atoms with van der Waals surface area (Å²) in [6.07, 6.45) is 0. The van der Waals surface area contributed by atoms with Crippen molar-refractivity contribution in [2.45, 2.75) is 6.92 Å². The fourth-order valence-electron chi connectivity index (χ4n) is 2.96. The Labute approximate surface area is 152 Å². The van der Waals surface area contributed by atoms with E-state index in [9.17, 15) is 4.79 Å². The Kier molecular flexibility index (Phi) is 4.20. The van der Waals surface area contributed by atoms with Gasteiger partial charge >= 0.3 is 5.69 Å². The van der Waals surface area contributed by atoms with Crippen molar-refractivity contribution in [2.75, 3.05) is 0 Å². The molecule has 0 atom stereocenters. The van der Waals surface area contributed by atoms with Crippen molar-refractivity contribution >= 4 is 0 Å². The van der Waals surface area contributed by atoms with Gasteiger partial charge in [0.05, 0.1) is 11.4 Å². The maximum Gasteiger partial charge on any atom is 0.345 e. The number of rotatable bonds is 3. The molecule has 0 unspecified atom stereocenters. The van der Waals surface area contributed by atoms with Crippen molar-refractivity contribution in [3.8, 4) is 33.6 Å². The van der Waals surface area contributed by atoms with Gasteiger partial charge in [-0.25, -0.2) is 4.79 Å². The third-order valence-electron chi connectivity index (χ3n) is 4.40. The first-order chi connectivity index (χ1) is 12.7. The van der Waals surface area contributed by atoms with E-state index in [2.05, 4.69) is 34.2 Å². The average Bonchev–Trinajstić information content (AvgIpc) is 2.69. The maximum atomic E-state index is 12.0. The lowest BCUT2D eigenvalue weighted by atomic mass is 10.0. The molecule has 0 aliphatic carbocycles. The van der Waals surface area contributed by atoms with Crippen LogP contribution in [0.15, 0.2) is 89.7 Å². The lowest BCUT2D eigenvalue weighted by Crippen LogP contribution is -2.11. The summed E-state index contributed by atoms with van der Waals surface area (Å²) in [7, 11) is 0. The second-order valence-corrected chi connectivity index (χ2v) is 6.29. The molecule has 0 radical (unpaired) electrons. The number of aryl methyl sites for hydroxylation is 1. The predicted octanol–water partition coefficient (Wildman–Crippen LogP) is 5.08. The van der Waals surface area contributed by atoms with Crippen LogP contribution in [0.5, 0.6) is 0 Å². The van der Waals surface area contributed by atoms with E-state index in [1.54, 1.807) is 0 Å². The van der Waals surface area contributed by atoms with Crippen molar-refractivity contribution in [3.05, 3.63) is 101 Å². The molecule has 3 nitrogen and oxygen atoms in total. The van der Waals surface area contributed by atoms with Gasteiger partial charge < -0.3 is 4.98 Å². The molecular formula is C23H18N2O. The number of H-pyrrole nitrogens is 1. The van der Waals surface area contributed by atoms with Crippen LogP contribution in [-0.4, -0.2) is 9.97 Å². The molecule has 3 heteroatoms. The Hall–Kier alpha value is -3.46. The summed E-state index contributed by atoms with van der Waals surface area (Å²) in [5, 5.41) is 0. The number of aromatic amines is 1. The highest BCUT2D eigenvalue weighted by Crippen LogP contribution is 2.25. The Balaban J connectivity index is 1.72. The Morgan fingerprint density at radius 1 is 0.692 bits per heavy atom.